The lowest BCUT2D eigenvalue weighted by atomic mass is 9.85. The van der Waals surface area contributed by atoms with E-state index in [2.05, 4.69) is 17.9 Å². The molecule has 1 N–H and O–H groups in total. The highest BCUT2D eigenvalue weighted by Gasteiger charge is 2.06. The Morgan fingerprint density at radius 2 is 2.38 bits per heavy atom. The van der Waals surface area contributed by atoms with Crippen LogP contribution in [-0.2, 0) is 0 Å². The summed E-state index contributed by atoms with van der Waals surface area (Å²) in [4.78, 5) is 0.739. The van der Waals surface area contributed by atoms with Crippen molar-refractivity contribution < 1.29 is 0 Å². The molecule has 0 atom stereocenters. The molecular weight excluding hydrogens is 137 g/mol. The molecule has 2 radical (unpaired) electrons. The minimum absolute atomic E-state index is 0.739. The Hall–Kier alpha value is 0.0449. The predicted molar refractivity (Wildman–Crippen MR) is 42.9 cm³/mol. The first-order chi connectivity index (χ1) is 3.79. The third-order valence-electron chi connectivity index (χ3n) is 0.768. The molecule has 1 aliphatic rings. The van der Waals surface area contributed by atoms with Crippen LogP contribution in [0.2, 0.25) is 0 Å². The van der Waals surface area contributed by atoms with Gasteiger partial charge in [0.2, 0.25) is 0 Å². The monoisotopic (exact) mass is 141 g/mol. The van der Waals surface area contributed by atoms with Crippen LogP contribution < -0.4 is 5.23 Å². The standard InChI is InChI=1S/C4H4BNS2/c7-3-1-2-4(8)6-5-3/h1-2,7H,(H,6,8). The van der Waals surface area contributed by atoms with Crippen molar-refractivity contribution in [2.75, 3.05) is 0 Å². The minimum Gasteiger partial charge on any atom is -0.422 e. The van der Waals surface area contributed by atoms with Crippen LogP contribution in [0.5, 0.6) is 0 Å². The van der Waals surface area contributed by atoms with Gasteiger partial charge in [-0.25, -0.2) is 0 Å². The van der Waals surface area contributed by atoms with Gasteiger partial charge < -0.3 is 5.23 Å². The van der Waals surface area contributed by atoms with Crippen molar-refractivity contribution >= 4 is 37.2 Å². The molecular formula is C4H4BNS2. The van der Waals surface area contributed by atoms with E-state index in [1.807, 2.05) is 6.08 Å². The number of hydrogen-bond acceptors (Lipinski definition) is 2. The highest BCUT2D eigenvalue weighted by molar-refractivity contribution is 7.85. The molecule has 1 heterocycles. The molecule has 8 heavy (non-hydrogen) atoms. The second-order valence-electron chi connectivity index (χ2n) is 1.41. The second kappa shape index (κ2) is 2.55. The van der Waals surface area contributed by atoms with Crippen LogP contribution in [-0.4, -0.2) is 12.4 Å². The Morgan fingerprint density at radius 3 is 2.75 bits per heavy atom. The maximum Gasteiger partial charge on any atom is 0.266 e. The van der Waals surface area contributed by atoms with Gasteiger partial charge in [-0.05, 0) is 6.08 Å². The SMILES string of the molecule is S=C1C=C[C](S)[B]N1. The van der Waals surface area contributed by atoms with E-state index in [-0.39, 0.29) is 0 Å². The fourth-order valence-corrected chi connectivity index (χ4v) is 0.668. The Bertz CT molecular complexity index is 134. The van der Waals surface area contributed by atoms with Gasteiger partial charge in [-0.15, -0.1) is 0 Å². The Morgan fingerprint density at radius 1 is 1.62 bits per heavy atom. The molecule has 0 aromatic rings. The van der Waals surface area contributed by atoms with E-state index >= 15 is 0 Å². The van der Waals surface area contributed by atoms with Crippen molar-refractivity contribution in [3.05, 3.63) is 17.3 Å². The van der Waals surface area contributed by atoms with Crippen molar-refractivity contribution in [1.82, 2.24) is 5.23 Å². The van der Waals surface area contributed by atoms with Gasteiger partial charge in [0.1, 0.15) is 0 Å². The van der Waals surface area contributed by atoms with Crippen molar-refractivity contribution in [2.45, 2.75) is 0 Å². The Kier molecular flexibility index (Phi) is 1.97. The smallest absolute Gasteiger partial charge is 0.266 e. The Labute approximate surface area is 60.2 Å². The van der Waals surface area contributed by atoms with Crippen LogP contribution in [0.25, 0.3) is 0 Å². The van der Waals surface area contributed by atoms with E-state index in [4.69, 9.17) is 12.2 Å². The number of nitrogens with one attached hydrogen (secondary N) is 1. The maximum absolute atomic E-state index is 4.78. The summed E-state index contributed by atoms with van der Waals surface area (Å²) in [5.74, 6) is 0. The van der Waals surface area contributed by atoms with Gasteiger partial charge in [0.25, 0.3) is 7.41 Å². The Balaban J connectivity index is 2.55. The van der Waals surface area contributed by atoms with Crippen molar-refractivity contribution in [1.29, 1.82) is 0 Å². The minimum atomic E-state index is 0.739. The molecule has 1 nitrogen and oxygen atoms in total. The van der Waals surface area contributed by atoms with Gasteiger partial charge in [-0.1, -0.05) is 18.3 Å². The molecule has 0 amide bonds. The highest BCUT2D eigenvalue weighted by atomic mass is 32.1. The summed E-state index contributed by atoms with van der Waals surface area (Å²) in [6.07, 6.45) is 3.65. The molecule has 0 fully saturated rings. The lowest BCUT2D eigenvalue weighted by molar-refractivity contribution is 1.48. The summed E-state index contributed by atoms with van der Waals surface area (Å²) in [6, 6.07) is 0. The quantitative estimate of drug-likeness (QED) is 0.289. The lowest BCUT2D eigenvalue weighted by Gasteiger charge is -2.09. The van der Waals surface area contributed by atoms with E-state index < -0.39 is 0 Å². The third-order valence-corrected chi connectivity index (χ3v) is 1.30. The highest BCUT2D eigenvalue weighted by Crippen LogP contribution is 2.06. The summed E-state index contributed by atoms with van der Waals surface area (Å²) in [6.45, 7) is 0. The molecule has 0 aromatic carbocycles. The van der Waals surface area contributed by atoms with Gasteiger partial charge >= 0.3 is 0 Å². The van der Waals surface area contributed by atoms with E-state index in [9.17, 15) is 0 Å². The molecule has 0 saturated carbocycles. The molecule has 0 bridgehead atoms. The van der Waals surface area contributed by atoms with Crippen molar-refractivity contribution in [2.24, 2.45) is 0 Å². The molecule has 0 saturated heterocycles. The molecule has 1 rings (SSSR count). The van der Waals surface area contributed by atoms with Crippen molar-refractivity contribution in [3.8, 4) is 0 Å². The van der Waals surface area contributed by atoms with E-state index in [0.29, 0.717) is 0 Å². The van der Waals surface area contributed by atoms with Gasteiger partial charge in [0, 0.05) is 5.15 Å². The van der Waals surface area contributed by atoms with Crippen LogP contribution >= 0.6 is 24.8 Å². The second-order valence-corrected chi connectivity index (χ2v) is 2.37. The van der Waals surface area contributed by atoms with E-state index in [0.717, 1.165) is 10.1 Å². The van der Waals surface area contributed by atoms with Gasteiger partial charge in [0.15, 0.2) is 0 Å². The summed E-state index contributed by atoms with van der Waals surface area (Å²) in [5, 5.41) is 3.74. The molecule has 40 valence electrons. The van der Waals surface area contributed by atoms with Gasteiger partial charge in [-0.3, -0.25) is 0 Å². The number of thiol groups is 1. The largest absolute Gasteiger partial charge is 0.422 e. The zero-order valence-electron chi connectivity index (χ0n) is 4.09. The zero-order chi connectivity index (χ0) is 5.98. The van der Waals surface area contributed by atoms with Crippen LogP contribution in [0.3, 0.4) is 0 Å². The molecule has 0 spiro atoms. The lowest BCUT2D eigenvalue weighted by Crippen LogP contribution is -2.30. The number of rotatable bonds is 0. The molecule has 4 heteroatoms. The summed E-state index contributed by atoms with van der Waals surface area (Å²) >= 11 is 8.84. The molecule has 0 aliphatic carbocycles. The van der Waals surface area contributed by atoms with Crippen LogP contribution in [0.4, 0.5) is 0 Å². The summed E-state index contributed by atoms with van der Waals surface area (Å²) in [5.41, 5.74) is 0. The first kappa shape index (κ1) is 6.17. The summed E-state index contributed by atoms with van der Waals surface area (Å²) < 4.78 is 0. The van der Waals surface area contributed by atoms with Crippen LogP contribution in [0.15, 0.2) is 12.2 Å². The van der Waals surface area contributed by atoms with E-state index in [1.165, 1.54) is 0 Å². The van der Waals surface area contributed by atoms with Gasteiger partial charge in [0.05, 0.1) is 4.99 Å². The van der Waals surface area contributed by atoms with Crippen molar-refractivity contribution in [3.63, 3.8) is 0 Å². The van der Waals surface area contributed by atoms with E-state index in [1.54, 1.807) is 13.5 Å². The fraction of sp³-hybridized carbons (Fsp3) is 0. The fourth-order valence-electron chi connectivity index (χ4n) is 0.402. The molecule has 1 aliphatic heterocycles. The maximum atomic E-state index is 4.78. The average molecular weight is 141 g/mol. The van der Waals surface area contributed by atoms with Crippen LogP contribution in [0, 0.1) is 5.15 Å². The third kappa shape index (κ3) is 1.52. The first-order valence-corrected chi connectivity index (χ1v) is 3.02. The molecule has 0 unspecified atom stereocenters. The predicted octanol–water partition coefficient (Wildman–Crippen LogP) is 0.512. The van der Waals surface area contributed by atoms with Gasteiger partial charge in [-0.2, -0.15) is 12.6 Å². The van der Waals surface area contributed by atoms with Crippen LogP contribution in [0.1, 0.15) is 0 Å². The molecule has 0 aromatic heterocycles. The number of thiocarbonyl (C=S) groups is 1. The summed E-state index contributed by atoms with van der Waals surface area (Å²) in [7, 11) is 1.76. The topological polar surface area (TPSA) is 12.0 Å². The average Bonchev–Trinajstić information content (AvgIpc) is 1.77. The number of hydrogen-bond donors (Lipinski definition) is 2. The normalized spacial score (nSPS) is 19.9. The zero-order valence-corrected chi connectivity index (χ0v) is 5.80. The first-order valence-electron chi connectivity index (χ1n) is 2.17.